The number of furan rings is 2. The maximum absolute atomic E-state index is 13.0. The van der Waals surface area contributed by atoms with Gasteiger partial charge in [-0.3, -0.25) is 0 Å². The van der Waals surface area contributed by atoms with Crippen LogP contribution in [0.1, 0.15) is 24.4 Å². The Bertz CT molecular complexity index is 2080. The van der Waals surface area contributed by atoms with Gasteiger partial charge in [-0.1, -0.05) is 23.2 Å². The van der Waals surface area contributed by atoms with Crippen LogP contribution in [-0.4, -0.2) is 47.3 Å². The van der Waals surface area contributed by atoms with E-state index in [1.54, 1.807) is 12.1 Å². The van der Waals surface area contributed by atoms with E-state index in [4.69, 9.17) is 32.0 Å². The van der Waals surface area contributed by atoms with Crippen molar-refractivity contribution in [2.75, 3.05) is 12.5 Å². The van der Waals surface area contributed by atoms with Crippen LogP contribution in [0.4, 0.5) is 17.6 Å². The summed E-state index contributed by atoms with van der Waals surface area (Å²) in [6.45, 7) is 0. The van der Waals surface area contributed by atoms with E-state index in [1.807, 2.05) is 0 Å². The van der Waals surface area contributed by atoms with Crippen LogP contribution in [0.2, 0.25) is 10.3 Å². The molecule has 6 heterocycles. The van der Waals surface area contributed by atoms with E-state index in [9.17, 15) is 34.4 Å². The number of rotatable bonds is 6. The summed E-state index contributed by atoms with van der Waals surface area (Å²) in [7, 11) is -7.59. The van der Waals surface area contributed by atoms with Crippen LogP contribution < -0.4 is 0 Å². The molecule has 0 saturated heterocycles. The van der Waals surface area contributed by atoms with Gasteiger partial charge < -0.3 is 8.83 Å². The molecular formula is C26H18Cl2F4N4O6S2. The second-order valence-electron chi connectivity index (χ2n) is 9.21. The molecule has 0 aromatic carbocycles. The number of halogens is 6. The van der Waals surface area contributed by atoms with Crippen molar-refractivity contribution in [1.29, 1.82) is 0 Å². The van der Waals surface area contributed by atoms with Gasteiger partial charge in [-0.05, 0) is 48.5 Å². The van der Waals surface area contributed by atoms with Gasteiger partial charge in [0.1, 0.15) is 10.3 Å². The van der Waals surface area contributed by atoms with Gasteiger partial charge in [-0.25, -0.2) is 52.3 Å². The molecular weight excluding hydrogens is 675 g/mol. The normalized spacial score (nSPS) is 12.4. The number of fused-ring (bicyclic) bond motifs is 2. The first-order chi connectivity index (χ1) is 20.6. The van der Waals surface area contributed by atoms with Gasteiger partial charge in [0, 0.05) is 21.9 Å². The van der Waals surface area contributed by atoms with Crippen molar-refractivity contribution < 1.29 is 43.2 Å². The van der Waals surface area contributed by atoms with Crippen molar-refractivity contribution in [2.24, 2.45) is 0 Å². The monoisotopic (exact) mass is 692 g/mol. The summed E-state index contributed by atoms with van der Waals surface area (Å²) in [5.74, 6) is -1.20. The quantitative estimate of drug-likeness (QED) is 0.130. The SMILES string of the molecule is CS(=O)(=O)n1c(-c2ccoc2C(F)F)cc2ccc(Cl)nc21.CS(=O)(=O)n1c(-c2ccoc2C(F)F)cc2ccc(Cl)nc21. The summed E-state index contributed by atoms with van der Waals surface area (Å²) in [6.07, 6.45) is -1.65. The zero-order chi connectivity index (χ0) is 32.1. The fraction of sp³-hybridized carbons (Fsp3) is 0.154. The van der Waals surface area contributed by atoms with Gasteiger partial charge in [-0.15, -0.1) is 0 Å². The first-order valence-electron chi connectivity index (χ1n) is 12.1. The van der Waals surface area contributed by atoms with E-state index >= 15 is 0 Å². The van der Waals surface area contributed by atoms with Crippen LogP contribution in [0.3, 0.4) is 0 Å². The zero-order valence-corrected chi connectivity index (χ0v) is 25.4. The predicted octanol–water partition coefficient (Wildman–Crippen LogP) is 7.39. The lowest BCUT2D eigenvalue weighted by Gasteiger charge is -2.07. The molecule has 0 saturated carbocycles. The van der Waals surface area contributed by atoms with E-state index in [0.717, 1.165) is 33.0 Å². The number of nitrogens with zero attached hydrogens (tertiary/aromatic N) is 4. The fourth-order valence-corrected chi connectivity index (χ4v) is 6.74. The molecule has 232 valence electrons. The molecule has 0 radical (unpaired) electrons. The van der Waals surface area contributed by atoms with Crippen LogP contribution >= 0.6 is 23.2 Å². The predicted molar refractivity (Wildman–Crippen MR) is 155 cm³/mol. The summed E-state index contributed by atoms with van der Waals surface area (Å²) in [4.78, 5) is 7.96. The molecule has 0 aliphatic rings. The van der Waals surface area contributed by atoms with Crippen molar-refractivity contribution in [3.63, 3.8) is 0 Å². The minimum atomic E-state index is -3.79. The maximum Gasteiger partial charge on any atom is 0.296 e. The second-order valence-corrected chi connectivity index (χ2v) is 13.6. The van der Waals surface area contributed by atoms with Gasteiger partial charge in [0.2, 0.25) is 20.0 Å². The standard InChI is InChI=1S/2C13H9ClF2N2O3S/c2*1-22(19,20)18-9(8-4-5-21-11(8)12(15)16)6-7-2-3-10(14)17-13(7)18/h2*2-6,12H,1H3. The molecule has 6 aromatic heterocycles. The van der Waals surface area contributed by atoms with Crippen molar-refractivity contribution in [2.45, 2.75) is 12.9 Å². The lowest BCUT2D eigenvalue weighted by atomic mass is 10.2. The summed E-state index contributed by atoms with van der Waals surface area (Å²) in [5.41, 5.74) is 0.245. The second kappa shape index (κ2) is 11.6. The molecule has 0 unspecified atom stereocenters. The maximum atomic E-state index is 13.0. The molecule has 0 fully saturated rings. The zero-order valence-electron chi connectivity index (χ0n) is 22.3. The molecule has 44 heavy (non-hydrogen) atoms. The van der Waals surface area contributed by atoms with Gasteiger partial charge in [0.15, 0.2) is 22.8 Å². The minimum Gasteiger partial charge on any atom is -0.463 e. The third kappa shape index (κ3) is 5.94. The number of hydrogen-bond donors (Lipinski definition) is 0. The fourth-order valence-electron chi connectivity index (χ4n) is 4.51. The largest absolute Gasteiger partial charge is 0.463 e. The molecule has 0 N–H and O–H groups in total. The summed E-state index contributed by atoms with van der Waals surface area (Å²) in [5, 5.41) is 1.13. The molecule has 6 rings (SSSR count). The highest BCUT2D eigenvalue weighted by atomic mass is 35.5. The van der Waals surface area contributed by atoms with Gasteiger partial charge >= 0.3 is 0 Å². The number of hydrogen-bond acceptors (Lipinski definition) is 8. The Kier molecular flexibility index (Phi) is 8.30. The Morgan fingerprint density at radius 1 is 0.659 bits per heavy atom. The molecule has 18 heteroatoms. The van der Waals surface area contributed by atoms with Crippen LogP contribution in [0.15, 0.2) is 69.9 Å². The topological polar surface area (TPSA) is 130 Å². The first-order valence-corrected chi connectivity index (χ1v) is 16.5. The highest BCUT2D eigenvalue weighted by Crippen LogP contribution is 2.37. The third-order valence-corrected chi connectivity index (χ3v) is 8.64. The molecule has 0 spiro atoms. The van der Waals surface area contributed by atoms with Gasteiger partial charge in [0.05, 0.1) is 36.4 Å². The number of alkyl halides is 4. The molecule has 0 bridgehead atoms. The molecule has 0 amide bonds. The van der Waals surface area contributed by atoms with Crippen molar-refractivity contribution >= 4 is 65.3 Å². The average Bonchev–Trinajstić information content (AvgIpc) is 3.70. The van der Waals surface area contributed by atoms with Gasteiger partial charge in [-0.2, -0.15) is 0 Å². The lowest BCUT2D eigenvalue weighted by Crippen LogP contribution is -2.12. The van der Waals surface area contributed by atoms with E-state index in [1.165, 1.54) is 36.4 Å². The third-order valence-electron chi connectivity index (χ3n) is 6.15. The number of aromatic nitrogens is 4. The Balaban J connectivity index is 0.000000175. The Hall–Kier alpha value is -3.86. The molecule has 0 aliphatic heterocycles. The van der Waals surface area contributed by atoms with Gasteiger partial charge in [0.25, 0.3) is 12.9 Å². The number of pyridine rings is 2. The van der Waals surface area contributed by atoms with Crippen LogP contribution in [0.25, 0.3) is 44.6 Å². The van der Waals surface area contributed by atoms with Crippen molar-refractivity contribution in [1.82, 2.24) is 17.9 Å². The molecule has 10 nitrogen and oxygen atoms in total. The Morgan fingerprint density at radius 3 is 1.34 bits per heavy atom. The smallest absolute Gasteiger partial charge is 0.296 e. The first kappa shape index (κ1) is 31.6. The van der Waals surface area contributed by atoms with Crippen LogP contribution in [0.5, 0.6) is 0 Å². The molecule has 6 aromatic rings. The van der Waals surface area contributed by atoms with E-state index in [-0.39, 0.29) is 44.1 Å². The minimum absolute atomic E-state index is 0.00505. The van der Waals surface area contributed by atoms with E-state index in [0.29, 0.717) is 10.8 Å². The molecule has 0 atom stereocenters. The summed E-state index contributed by atoms with van der Waals surface area (Å²) >= 11 is 11.6. The Labute approximate surface area is 256 Å². The highest BCUT2D eigenvalue weighted by Gasteiger charge is 2.27. The summed E-state index contributed by atoms with van der Waals surface area (Å²) < 4.78 is 112. The molecule has 0 aliphatic carbocycles. The Morgan fingerprint density at radius 2 is 1.02 bits per heavy atom. The van der Waals surface area contributed by atoms with E-state index < -0.39 is 44.4 Å². The highest BCUT2D eigenvalue weighted by molar-refractivity contribution is 7.89. The van der Waals surface area contributed by atoms with Crippen LogP contribution in [0, 0.1) is 0 Å². The lowest BCUT2D eigenvalue weighted by molar-refractivity contribution is 0.122. The van der Waals surface area contributed by atoms with Crippen molar-refractivity contribution in [3.05, 3.63) is 82.9 Å². The summed E-state index contributed by atoms with van der Waals surface area (Å²) in [6, 6.07) is 11.6. The van der Waals surface area contributed by atoms with Crippen molar-refractivity contribution in [3.8, 4) is 22.5 Å². The van der Waals surface area contributed by atoms with E-state index in [2.05, 4.69) is 9.97 Å². The van der Waals surface area contributed by atoms with Crippen LogP contribution in [-0.2, 0) is 20.0 Å². The average molecular weight is 693 g/mol.